The smallest absolute Gasteiger partial charge is 0.0543 e. The molecule has 6 aromatic carbocycles. The van der Waals surface area contributed by atoms with Crippen molar-refractivity contribution in [2.45, 2.75) is 127 Å². The van der Waals surface area contributed by atoms with Crippen molar-refractivity contribution in [2.24, 2.45) is 11.8 Å². The maximum atomic E-state index is 2.65. The summed E-state index contributed by atoms with van der Waals surface area (Å²) in [7, 11) is 0. The Morgan fingerprint density at radius 3 is 1.95 bits per heavy atom. The summed E-state index contributed by atoms with van der Waals surface area (Å²) < 4.78 is 0. The molecule has 0 amide bonds. The van der Waals surface area contributed by atoms with Crippen LogP contribution < -0.4 is 4.90 Å². The Morgan fingerprint density at radius 2 is 1.23 bits per heavy atom. The Labute approximate surface area is 341 Å². The highest BCUT2D eigenvalue weighted by Crippen LogP contribution is 2.57. The molecule has 4 fully saturated rings. The number of benzene rings is 6. The molecule has 288 valence electrons. The summed E-state index contributed by atoms with van der Waals surface area (Å²) in [5.74, 6) is 3.88. The van der Waals surface area contributed by atoms with E-state index in [1.54, 1.807) is 5.56 Å². The Bertz CT molecular complexity index is 2420. The van der Waals surface area contributed by atoms with Crippen LogP contribution in [0.2, 0.25) is 0 Å². The molecule has 0 spiro atoms. The van der Waals surface area contributed by atoms with Gasteiger partial charge >= 0.3 is 0 Å². The highest BCUT2D eigenvalue weighted by atomic mass is 15.1. The van der Waals surface area contributed by atoms with Crippen molar-refractivity contribution in [3.8, 4) is 22.3 Å². The highest BCUT2D eigenvalue weighted by molar-refractivity contribution is 6.03. The van der Waals surface area contributed by atoms with Crippen LogP contribution in [0.4, 0.5) is 17.1 Å². The molecule has 0 aliphatic heterocycles. The fraction of sp³-hybridized carbons (Fsp3) is 0.393. The lowest BCUT2D eigenvalue weighted by atomic mass is 9.77. The zero-order valence-corrected chi connectivity index (χ0v) is 34.3. The molecule has 3 atom stereocenters. The molecule has 0 heterocycles. The van der Waals surface area contributed by atoms with Gasteiger partial charge in [0.05, 0.1) is 11.4 Å². The van der Waals surface area contributed by atoms with Crippen LogP contribution in [0.15, 0.2) is 121 Å². The largest absolute Gasteiger partial charge is 0.309 e. The molecule has 2 bridgehead atoms. The van der Waals surface area contributed by atoms with Gasteiger partial charge in [-0.15, -0.1) is 0 Å². The molecule has 0 aromatic heterocycles. The minimum absolute atomic E-state index is 0.149. The summed E-state index contributed by atoms with van der Waals surface area (Å²) in [6.07, 6.45) is 19.1. The van der Waals surface area contributed by atoms with E-state index in [-0.39, 0.29) is 5.41 Å². The monoisotopic (exact) mass is 745 g/mol. The van der Waals surface area contributed by atoms with E-state index in [1.807, 2.05) is 0 Å². The summed E-state index contributed by atoms with van der Waals surface area (Å²) in [5.41, 5.74) is 16.6. The molecule has 1 heteroatoms. The average Bonchev–Trinajstić information content (AvgIpc) is 3.97. The molecular weight excluding hydrogens is 687 g/mol. The van der Waals surface area contributed by atoms with Gasteiger partial charge in [-0.25, -0.2) is 0 Å². The molecule has 57 heavy (non-hydrogen) atoms. The summed E-state index contributed by atoms with van der Waals surface area (Å²) in [6, 6.07) is 48.4. The Balaban J connectivity index is 1.13. The maximum absolute atomic E-state index is 2.65. The van der Waals surface area contributed by atoms with E-state index in [9.17, 15) is 0 Å². The van der Waals surface area contributed by atoms with Gasteiger partial charge in [0.2, 0.25) is 0 Å². The lowest BCUT2D eigenvalue weighted by Gasteiger charge is -2.33. The van der Waals surface area contributed by atoms with Crippen molar-refractivity contribution >= 4 is 27.8 Å². The molecule has 3 unspecified atom stereocenters. The number of nitrogens with zero attached hydrogens (tertiary/aromatic N) is 1. The zero-order chi connectivity index (χ0) is 38.1. The van der Waals surface area contributed by atoms with Gasteiger partial charge in [-0.2, -0.15) is 0 Å². The highest BCUT2D eigenvalue weighted by Gasteiger charge is 2.41. The van der Waals surface area contributed by atoms with Gasteiger partial charge in [-0.1, -0.05) is 150 Å². The Kier molecular flexibility index (Phi) is 8.94. The Hall–Kier alpha value is -4.62. The second-order valence-electron chi connectivity index (χ2n) is 19.3. The van der Waals surface area contributed by atoms with Crippen LogP contribution in [0.25, 0.3) is 33.0 Å². The maximum Gasteiger partial charge on any atom is 0.0543 e. The number of fused-ring (bicyclic) bond motifs is 6. The number of hydrogen-bond donors (Lipinski definition) is 0. The summed E-state index contributed by atoms with van der Waals surface area (Å²) >= 11 is 0. The van der Waals surface area contributed by atoms with E-state index in [0.29, 0.717) is 11.8 Å². The van der Waals surface area contributed by atoms with Crippen molar-refractivity contribution in [1.29, 1.82) is 0 Å². The first-order chi connectivity index (χ1) is 28.0. The van der Waals surface area contributed by atoms with Crippen LogP contribution in [0.5, 0.6) is 0 Å². The first-order valence-electron chi connectivity index (χ1n) is 22.8. The molecule has 11 rings (SSSR count). The van der Waals surface area contributed by atoms with Crippen molar-refractivity contribution < 1.29 is 0 Å². The zero-order valence-electron chi connectivity index (χ0n) is 34.3. The third-order valence-corrected chi connectivity index (χ3v) is 15.7. The van der Waals surface area contributed by atoms with Crippen LogP contribution >= 0.6 is 0 Å². The summed E-state index contributed by atoms with van der Waals surface area (Å²) in [5, 5.41) is 2.68. The molecule has 0 saturated heterocycles. The molecule has 5 aliphatic rings. The van der Waals surface area contributed by atoms with E-state index < -0.39 is 0 Å². The topological polar surface area (TPSA) is 3.24 Å². The number of rotatable bonds is 7. The fourth-order valence-electron chi connectivity index (χ4n) is 12.8. The van der Waals surface area contributed by atoms with Gasteiger partial charge in [0, 0.05) is 22.1 Å². The van der Waals surface area contributed by atoms with Gasteiger partial charge < -0.3 is 4.90 Å². The third kappa shape index (κ3) is 6.09. The lowest BCUT2D eigenvalue weighted by Crippen LogP contribution is -2.19. The van der Waals surface area contributed by atoms with E-state index in [0.717, 1.165) is 17.8 Å². The van der Waals surface area contributed by atoms with Gasteiger partial charge in [-0.3, -0.25) is 0 Å². The van der Waals surface area contributed by atoms with Gasteiger partial charge in [-0.05, 0) is 155 Å². The van der Waals surface area contributed by atoms with E-state index in [2.05, 4.69) is 140 Å². The molecular formula is C56H59N. The van der Waals surface area contributed by atoms with Crippen LogP contribution in [-0.2, 0) is 5.41 Å². The third-order valence-electron chi connectivity index (χ3n) is 15.7. The van der Waals surface area contributed by atoms with Crippen LogP contribution in [0, 0.1) is 11.8 Å². The lowest BCUT2D eigenvalue weighted by molar-refractivity contribution is 0.420. The Morgan fingerprint density at radius 1 is 0.526 bits per heavy atom. The average molecular weight is 746 g/mol. The number of hydrogen-bond acceptors (Lipinski definition) is 1. The minimum atomic E-state index is -0.149. The standard InChI is InChI=1S/C56H59N/c1-56(2)51-18-10-9-17-47(51)48-32-33-53(54(55(48)56)43-25-22-40(23-26-43)38-12-5-3-6-13-38)57(46-30-28-42(29-31-46)49-35-37-20-21-45(49)34-37)52-19-11-16-41-24-27-44(36-50(41)52)39-14-7-4-8-15-39/h9-11,16-19,22-33,36-39,45,49H,3-8,12-15,20-21,34-35H2,1-2H3. The fourth-order valence-corrected chi connectivity index (χ4v) is 12.8. The van der Waals surface area contributed by atoms with Crippen molar-refractivity contribution in [3.05, 3.63) is 149 Å². The predicted octanol–water partition coefficient (Wildman–Crippen LogP) is 16.3. The summed E-state index contributed by atoms with van der Waals surface area (Å²) in [6.45, 7) is 4.92. The van der Waals surface area contributed by atoms with Crippen molar-refractivity contribution in [1.82, 2.24) is 0 Å². The summed E-state index contributed by atoms with van der Waals surface area (Å²) in [4.78, 5) is 2.65. The van der Waals surface area contributed by atoms with Gasteiger partial charge in [0.15, 0.2) is 0 Å². The van der Waals surface area contributed by atoms with Crippen LogP contribution in [-0.4, -0.2) is 0 Å². The molecule has 4 saturated carbocycles. The van der Waals surface area contributed by atoms with Crippen LogP contribution in [0.3, 0.4) is 0 Å². The van der Waals surface area contributed by atoms with E-state index in [4.69, 9.17) is 0 Å². The van der Waals surface area contributed by atoms with Crippen LogP contribution in [0.1, 0.15) is 149 Å². The molecule has 5 aliphatic carbocycles. The first kappa shape index (κ1) is 35.5. The molecule has 6 aromatic rings. The SMILES string of the molecule is CC1(C)c2ccccc2-c2ccc(N(c3ccc(C4CC5CCC4C5)cc3)c3cccc4ccc(C5CCCCC5)cc34)c(-c3ccc(C4CCCCC4)cc3)c21. The molecule has 0 N–H and O–H groups in total. The normalized spacial score (nSPS) is 22.8. The van der Waals surface area contributed by atoms with Gasteiger partial charge in [0.1, 0.15) is 0 Å². The second-order valence-corrected chi connectivity index (χ2v) is 19.3. The molecule has 0 radical (unpaired) electrons. The first-order valence-corrected chi connectivity index (χ1v) is 22.8. The van der Waals surface area contributed by atoms with Crippen molar-refractivity contribution in [2.75, 3.05) is 4.90 Å². The quantitative estimate of drug-likeness (QED) is 0.157. The number of anilines is 3. The van der Waals surface area contributed by atoms with E-state index in [1.165, 1.54) is 162 Å². The van der Waals surface area contributed by atoms with E-state index >= 15 is 0 Å². The van der Waals surface area contributed by atoms with Crippen molar-refractivity contribution in [3.63, 3.8) is 0 Å². The van der Waals surface area contributed by atoms with Gasteiger partial charge in [0.25, 0.3) is 0 Å². The minimum Gasteiger partial charge on any atom is -0.309 e. The predicted molar refractivity (Wildman–Crippen MR) is 241 cm³/mol. The second kappa shape index (κ2) is 14.3. The molecule has 1 nitrogen and oxygen atoms in total.